The molecule has 0 amide bonds. The van der Waals surface area contributed by atoms with Gasteiger partial charge in [0.2, 0.25) is 0 Å². The smallest absolute Gasteiger partial charge is 0.311 e. The molecule has 0 aromatic rings. The Morgan fingerprint density at radius 2 is 1.55 bits per heavy atom. The zero-order chi connectivity index (χ0) is 40.1. The molecular formula is C40H74N2O11. The van der Waals surface area contributed by atoms with Gasteiger partial charge < -0.3 is 54.4 Å². The summed E-state index contributed by atoms with van der Waals surface area (Å²) in [6.45, 7) is 23.2. The third-order valence-corrected chi connectivity index (χ3v) is 12.2. The van der Waals surface area contributed by atoms with Crippen molar-refractivity contribution in [3.05, 3.63) is 0 Å². The molecule has 3 aliphatic rings. The second kappa shape index (κ2) is 18.8. The Labute approximate surface area is 318 Å². The van der Waals surface area contributed by atoms with Crippen molar-refractivity contribution in [1.29, 1.82) is 0 Å². The lowest BCUT2D eigenvalue weighted by molar-refractivity contribution is -0.333. The van der Waals surface area contributed by atoms with Gasteiger partial charge in [0.15, 0.2) is 24.0 Å². The lowest BCUT2D eigenvalue weighted by Crippen LogP contribution is -2.70. The Morgan fingerprint density at radius 3 is 2.13 bits per heavy atom. The molecular weight excluding hydrogens is 684 g/mol. The number of Topliss-reactive ketones (excluding diaryl/α,β-unsaturated/α-hetero) is 1. The number of carbonyl (C=O) groups excluding carboxylic acids is 2. The fourth-order valence-corrected chi connectivity index (χ4v) is 8.87. The van der Waals surface area contributed by atoms with Gasteiger partial charge in [-0.25, -0.2) is 0 Å². The Bertz CT molecular complexity index is 1180. The predicted molar refractivity (Wildman–Crippen MR) is 201 cm³/mol. The third-order valence-electron chi connectivity index (χ3n) is 12.2. The van der Waals surface area contributed by atoms with Crippen LogP contribution >= 0.6 is 0 Å². The van der Waals surface area contributed by atoms with Gasteiger partial charge in [0.05, 0.1) is 42.0 Å². The van der Waals surface area contributed by atoms with Crippen molar-refractivity contribution in [2.75, 3.05) is 26.7 Å². The molecule has 13 heteroatoms. The maximum absolute atomic E-state index is 14.2. The van der Waals surface area contributed by atoms with Crippen molar-refractivity contribution in [3.63, 3.8) is 0 Å². The van der Waals surface area contributed by atoms with Crippen LogP contribution in [0, 0.1) is 23.7 Å². The number of rotatable bonds is 10. The molecule has 13 nitrogen and oxygen atoms in total. The van der Waals surface area contributed by atoms with Crippen molar-refractivity contribution in [2.24, 2.45) is 23.7 Å². The number of methoxy groups -OCH3 is 1. The van der Waals surface area contributed by atoms with Crippen LogP contribution in [0.2, 0.25) is 0 Å². The fourth-order valence-electron chi connectivity index (χ4n) is 8.87. The Kier molecular flexibility index (Phi) is 16.4. The van der Waals surface area contributed by atoms with Gasteiger partial charge in [0, 0.05) is 32.4 Å². The summed E-state index contributed by atoms with van der Waals surface area (Å²) in [5.41, 5.74) is -5.92. The first-order chi connectivity index (χ1) is 24.6. The maximum atomic E-state index is 14.2. The van der Waals surface area contributed by atoms with E-state index in [1.54, 1.807) is 41.7 Å². The number of nitrogens with one attached hydrogen (secondary N) is 2. The number of hydrogen-bond donors (Lipinski definition) is 5. The summed E-state index contributed by atoms with van der Waals surface area (Å²) in [5, 5.41) is 42.5. The van der Waals surface area contributed by atoms with Crippen LogP contribution < -0.4 is 10.6 Å². The summed E-state index contributed by atoms with van der Waals surface area (Å²) in [6, 6.07) is -0.746. The molecule has 3 heterocycles. The number of ketones is 1. The summed E-state index contributed by atoms with van der Waals surface area (Å²) in [4.78, 5) is 27.8. The van der Waals surface area contributed by atoms with Gasteiger partial charge in [0.1, 0.15) is 17.3 Å². The molecule has 3 rings (SSSR count). The van der Waals surface area contributed by atoms with Crippen molar-refractivity contribution < 1.29 is 53.3 Å². The molecule has 0 aromatic carbocycles. The summed E-state index contributed by atoms with van der Waals surface area (Å²) in [6.07, 6.45) is -2.25. The molecule has 16 atom stereocenters. The fraction of sp³-hybridized carbons (Fsp3) is 0.950. The SMILES string of the molecule is CCCNC[C@]1(O)[C@H](C)O[C@@H](O[C@H]2[C@H](C)[C@@H](O[C@H]3C[C@@H](C)C[C@@H](C)O3)[C@](C)(O)C[C@@H](C)CN[C@H](C)C(=O)[C@](C)(O)[C@@H](CC)OC(=O)[C@@H]2C)C[C@@]1(C)OC. The molecule has 0 aliphatic carbocycles. The molecule has 0 unspecified atom stereocenters. The highest BCUT2D eigenvalue weighted by Crippen LogP contribution is 2.43. The largest absolute Gasteiger partial charge is 0.459 e. The summed E-state index contributed by atoms with van der Waals surface area (Å²) < 4.78 is 38.3. The van der Waals surface area contributed by atoms with E-state index in [0.29, 0.717) is 25.4 Å². The molecule has 53 heavy (non-hydrogen) atoms. The second-order valence-electron chi connectivity index (χ2n) is 17.3. The number of carbonyl (C=O) groups is 2. The van der Waals surface area contributed by atoms with E-state index in [2.05, 4.69) is 17.6 Å². The maximum Gasteiger partial charge on any atom is 0.311 e. The number of cyclic esters (lactones) is 1. The normalized spacial score (nSPS) is 47.0. The predicted octanol–water partition coefficient (Wildman–Crippen LogP) is 3.87. The van der Waals surface area contributed by atoms with E-state index in [1.165, 1.54) is 6.92 Å². The zero-order valence-corrected chi connectivity index (χ0v) is 34.9. The van der Waals surface area contributed by atoms with Gasteiger partial charge in [-0.05, 0) is 99.1 Å². The monoisotopic (exact) mass is 759 g/mol. The molecule has 0 spiro atoms. The number of hydrogen-bond acceptors (Lipinski definition) is 13. The minimum Gasteiger partial charge on any atom is -0.459 e. The van der Waals surface area contributed by atoms with Crippen LogP contribution in [0.4, 0.5) is 0 Å². The molecule has 0 saturated carbocycles. The van der Waals surface area contributed by atoms with Crippen molar-refractivity contribution in [3.8, 4) is 0 Å². The highest BCUT2D eigenvalue weighted by molar-refractivity contribution is 5.92. The van der Waals surface area contributed by atoms with Crippen LogP contribution in [0.1, 0.15) is 122 Å². The zero-order valence-electron chi connectivity index (χ0n) is 34.9. The van der Waals surface area contributed by atoms with E-state index >= 15 is 0 Å². The Balaban J connectivity index is 2.12. The first-order valence-corrected chi connectivity index (χ1v) is 20.1. The van der Waals surface area contributed by atoms with Crippen LogP contribution in [-0.2, 0) is 38.0 Å². The molecule has 0 radical (unpaired) electrons. The molecule has 0 bridgehead atoms. The summed E-state index contributed by atoms with van der Waals surface area (Å²) >= 11 is 0. The average molecular weight is 759 g/mol. The van der Waals surface area contributed by atoms with Gasteiger partial charge in [-0.1, -0.05) is 34.6 Å². The minimum atomic E-state index is -1.97. The number of esters is 1. The van der Waals surface area contributed by atoms with E-state index in [0.717, 1.165) is 12.8 Å². The first kappa shape index (κ1) is 46.1. The summed E-state index contributed by atoms with van der Waals surface area (Å²) in [7, 11) is 1.55. The van der Waals surface area contributed by atoms with Crippen molar-refractivity contribution in [2.45, 2.75) is 193 Å². The molecule has 0 aromatic heterocycles. The lowest BCUT2D eigenvalue weighted by atomic mass is 9.75. The van der Waals surface area contributed by atoms with Gasteiger partial charge in [0.25, 0.3) is 0 Å². The minimum absolute atomic E-state index is 0.0393. The van der Waals surface area contributed by atoms with Crippen molar-refractivity contribution in [1.82, 2.24) is 10.6 Å². The standard InChI is InChI=1S/C40H74N2O11/c1-14-16-41-22-40(47)29(9)50-32(20-38(40,11)48-13)52-33-26(6)35(53-31-18-23(3)17-25(5)49-31)37(10,45)19-24(4)21-42-28(8)34(43)39(12,46)30(15-2)51-36(44)27(33)7/h23-33,35,41-42,45-47H,14-22H2,1-13H3/t23-,24+,25+,26-,27+,28+,29-,30+,31-,32-,33-,35+,37+,38+,39+,40-/m0/s1. The molecule has 3 aliphatic heterocycles. The van der Waals surface area contributed by atoms with Gasteiger partial charge in [-0.2, -0.15) is 0 Å². The van der Waals surface area contributed by atoms with E-state index in [1.807, 2.05) is 34.6 Å². The average Bonchev–Trinajstić information content (AvgIpc) is 3.07. The van der Waals surface area contributed by atoms with E-state index in [4.69, 9.17) is 28.4 Å². The van der Waals surface area contributed by atoms with Gasteiger partial charge >= 0.3 is 5.97 Å². The van der Waals surface area contributed by atoms with E-state index in [9.17, 15) is 24.9 Å². The highest BCUT2D eigenvalue weighted by atomic mass is 16.7. The first-order valence-electron chi connectivity index (χ1n) is 20.1. The van der Waals surface area contributed by atoms with E-state index in [-0.39, 0.29) is 37.8 Å². The van der Waals surface area contributed by atoms with Crippen LogP contribution in [-0.4, -0.2) is 125 Å². The van der Waals surface area contributed by atoms with Gasteiger partial charge in [-0.3, -0.25) is 9.59 Å². The Morgan fingerprint density at radius 1 is 0.887 bits per heavy atom. The molecule has 3 fully saturated rings. The van der Waals surface area contributed by atoms with Crippen LogP contribution in [0.15, 0.2) is 0 Å². The lowest BCUT2D eigenvalue weighted by Gasteiger charge is -2.53. The number of ether oxygens (including phenoxy) is 6. The van der Waals surface area contributed by atoms with Crippen LogP contribution in [0.25, 0.3) is 0 Å². The number of aliphatic hydroxyl groups is 3. The molecule has 3 saturated heterocycles. The van der Waals surface area contributed by atoms with Crippen LogP contribution in [0.3, 0.4) is 0 Å². The van der Waals surface area contributed by atoms with E-state index < -0.39 is 89.0 Å². The molecule has 310 valence electrons. The topological polar surface area (TPSA) is 174 Å². The van der Waals surface area contributed by atoms with Gasteiger partial charge in [-0.15, -0.1) is 0 Å². The van der Waals surface area contributed by atoms with Crippen molar-refractivity contribution >= 4 is 11.8 Å². The summed E-state index contributed by atoms with van der Waals surface area (Å²) in [5.74, 6) is -2.59. The highest BCUT2D eigenvalue weighted by Gasteiger charge is 2.58. The third kappa shape index (κ3) is 10.8. The Hall–Kier alpha value is -1.26. The quantitative estimate of drug-likeness (QED) is 0.161. The molecule has 5 N–H and O–H groups in total. The van der Waals surface area contributed by atoms with Crippen LogP contribution in [0.5, 0.6) is 0 Å². The second-order valence-corrected chi connectivity index (χ2v) is 17.3.